The molecular formula is C13H17NO4. The standard InChI is InChI=1S/C13H17NO4/c1-14-7-11(15)9-3-4-12-13(10(9)8-16-2)18-6-5-17-12/h3-4,14H,5-8H2,1-2H3. The van der Waals surface area contributed by atoms with Gasteiger partial charge in [0.2, 0.25) is 0 Å². The van der Waals surface area contributed by atoms with Crippen molar-refractivity contribution in [1.29, 1.82) is 0 Å². The van der Waals surface area contributed by atoms with E-state index in [0.717, 1.165) is 5.56 Å². The molecule has 5 nitrogen and oxygen atoms in total. The molecular weight excluding hydrogens is 234 g/mol. The molecule has 0 aliphatic carbocycles. The summed E-state index contributed by atoms with van der Waals surface area (Å²) in [6.07, 6.45) is 0. The van der Waals surface area contributed by atoms with Crippen molar-refractivity contribution in [3.8, 4) is 11.5 Å². The molecule has 2 rings (SSSR count). The van der Waals surface area contributed by atoms with E-state index < -0.39 is 0 Å². The van der Waals surface area contributed by atoms with E-state index in [1.165, 1.54) is 0 Å². The van der Waals surface area contributed by atoms with Gasteiger partial charge in [-0.1, -0.05) is 0 Å². The topological polar surface area (TPSA) is 56.8 Å². The molecule has 0 aromatic heterocycles. The lowest BCUT2D eigenvalue weighted by molar-refractivity contribution is 0.0985. The van der Waals surface area contributed by atoms with E-state index in [-0.39, 0.29) is 12.3 Å². The summed E-state index contributed by atoms with van der Waals surface area (Å²) in [5, 5.41) is 2.85. The van der Waals surface area contributed by atoms with Gasteiger partial charge < -0.3 is 19.5 Å². The van der Waals surface area contributed by atoms with E-state index in [1.54, 1.807) is 26.3 Å². The van der Waals surface area contributed by atoms with Gasteiger partial charge in [0.25, 0.3) is 0 Å². The maximum Gasteiger partial charge on any atom is 0.177 e. The summed E-state index contributed by atoms with van der Waals surface area (Å²) in [5.41, 5.74) is 1.38. The van der Waals surface area contributed by atoms with Crippen LogP contribution >= 0.6 is 0 Å². The van der Waals surface area contributed by atoms with Crippen molar-refractivity contribution in [3.63, 3.8) is 0 Å². The van der Waals surface area contributed by atoms with E-state index in [2.05, 4.69) is 5.32 Å². The van der Waals surface area contributed by atoms with Gasteiger partial charge in [-0.2, -0.15) is 0 Å². The quantitative estimate of drug-likeness (QED) is 0.791. The number of benzene rings is 1. The third-order valence-electron chi connectivity index (χ3n) is 2.74. The molecule has 0 atom stereocenters. The Morgan fingerprint density at radius 2 is 2.17 bits per heavy atom. The van der Waals surface area contributed by atoms with Crippen molar-refractivity contribution in [2.75, 3.05) is 33.9 Å². The maximum atomic E-state index is 12.0. The highest BCUT2D eigenvalue weighted by atomic mass is 16.6. The summed E-state index contributed by atoms with van der Waals surface area (Å²) < 4.78 is 16.3. The van der Waals surface area contributed by atoms with Gasteiger partial charge in [-0.15, -0.1) is 0 Å². The fraction of sp³-hybridized carbons (Fsp3) is 0.462. The average Bonchev–Trinajstić information content (AvgIpc) is 2.39. The fourth-order valence-electron chi connectivity index (χ4n) is 1.98. The monoisotopic (exact) mass is 251 g/mol. The SMILES string of the molecule is CNCC(=O)c1ccc2c(c1COC)OCCO2. The van der Waals surface area contributed by atoms with Crippen molar-refractivity contribution >= 4 is 5.78 Å². The second kappa shape index (κ2) is 5.84. The number of Topliss-reactive ketones (excluding diaryl/α,β-unsaturated/α-hetero) is 1. The number of hydrogen-bond acceptors (Lipinski definition) is 5. The summed E-state index contributed by atoms with van der Waals surface area (Å²) in [6.45, 7) is 1.64. The van der Waals surface area contributed by atoms with Crippen LogP contribution in [-0.2, 0) is 11.3 Å². The zero-order valence-corrected chi connectivity index (χ0v) is 10.6. The molecule has 1 aromatic rings. The average molecular weight is 251 g/mol. The van der Waals surface area contributed by atoms with Crippen LogP contribution < -0.4 is 14.8 Å². The maximum absolute atomic E-state index is 12.0. The van der Waals surface area contributed by atoms with Crippen LogP contribution in [0.1, 0.15) is 15.9 Å². The molecule has 0 amide bonds. The van der Waals surface area contributed by atoms with Crippen molar-refractivity contribution in [3.05, 3.63) is 23.3 Å². The van der Waals surface area contributed by atoms with Gasteiger partial charge in [0.15, 0.2) is 17.3 Å². The molecule has 0 unspecified atom stereocenters. The van der Waals surface area contributed by atoms with E-state index in [4.69, 9.17) is 14.2 Å². The van der Waals surface area contributed by atoms with Gasteiger partial charge in [0.05, 0.1) is 13.2 Å². The molecule has 0 saturated carbocycles. The third kappa shape index (κ3) is 2.47. The fourth-order valence-corrected chi connectivity index (χ4v) is 1.98. The predicted molar refractivity (Wildman–Crippen MR) is 66.4 cm³/mol. The van der Waals surface area contributed by atoms with Crippen LogP contribution in [0.4, 0.5) is 0 Å². The lowest BCUT2D eigenvalue weighted by Crippen LogP contribution is -2.22. The van der Waals surface area contributed by atoms with Gasteiger partial charge >= 0.3 is 0 Å². The molecule has 1 aliphatic heterocycles. The molecule has 1 aromatic carbocycles. The van der Waals surface area contributed by atoms with E-state index in [1.807, 2.05) is 0 Å². The van der Waals surface area contributed by atoms with Gasteiger partial charge in [-0.25, -0.2) is 0 Å². The minimum Gasteiger partial charge on any atom is -0.486 e. The molecule has 18 heavy (non-hydrogen) atoms. The first-order valence-corrected chi connectivity index (χ1v) is 5.86. The van der Waals surface area contributed by atoms with Crippen molar-refractivity contribution < 1.29 is 19.0 Å². The number of rotatable bonds is 5. The summed E-state index contributed by atoms with van der Waals surface area (Å²) in [4.78, 5) is 12.0. The molecule has 0 fully saturated rings. The highest BCUT2D eigenvalue weighted by molar-refractivity contribution is 5.99. The van der Waals surface area contributed by atoms with Crippen LogP contribution in [0, 0.1) is 0 Å². The van der Waals surface area contributed by atoms with Crippen LogP contribution in [0.15, 0.2) is 12.1 Å². The van der Waals surface area contributed by atoms with Crippen molar-refractivity contribution in [2.45, 2.75) is 6.61 Å². The number of ketones is 1. The normalized spacial score (nSPS) is 13.4. The Hall–Kier alpha value is -1.59. The second-order valence-corrected chi connectivity index (χ2v) is 4.00. The number of likely N-dealkylation sites (N-methyl/N-ethyl adjacent to an activating group) is 1. The third-order valence-corrected chi connectivity index (χ3v) is 2.74. The zero-order valence-electron chi connectivity index (χ0n) is 10.6. The number of carbonyl (C=O) groups is 1. The first-order valence-electron chi connectivity index (χ1n) is 5.86. The Balaban J connectivity index is 2.42. The molecule has 0 bridgehead atoms. The Morgan fingerprint density at radius 1 is 1.39 bits per heavy atom. The van der Waals surface area contributed by atoms with Crippen LogP contribution in [0.5, 0.6) is 11.5 Å². The Bertz CT molecular complexity index is 445. The lowest BCUT2D eigenvalue weighted by Gasteiger charge is -2.22. The summed E-state index contributed by atoms with van der Waals surface area (Å²) >= 11 is 0. The molecule has 98 valence electrons. The zero-order chi connectivity index (χ0) is 13.0. The Labute approximate surface area is 106 Å². The Morgan fingerprint density at radius 3 is 2.89 bits per heavy atom. The van der Waals surface area contributed by atoms with Crippen LogP contribution in [0.3, 0.4) is 0 Å². The second-order valence-electron chi connectivity index (χ2n) is 4.00. The number of hydrogen-bond donors (Lipinski definition) is 1. The largest absolute Gasteiger partial charge is 0.486 e. The molecule has 0 spiro atoms. The Kier molecular flexibility index (Phi) is 4.17. The van der Waals surface area contributed by atoms with Gasteiger partial charge in [-0.05, 0) is 19.2 Å². The minimum atomic E-state index is 0.0153. The van der Waals surface area contributed by atoms with Crippen LogP contribution in [0.25, 0.3) is 0 Å². The highest BCUT2D eigenvalue weighted by Gasteiger charge is 2.22. The summed E-state index contributed by atoms with van der Waals surface area (Å²) in [7, 11) is 3.33. The predicted octanol–water partition coefficient (Wildman–Crippen LogP) is 1.01. The van der Waals surface area contributed by atoms with Gasteiger partial charge in [0, 0.05) is 18.2 Å². The smallest absolute Gasteiger partial charge is 0.177 e. The number of nitrogens with one attached hydrogen (secondary N) is 1. The number of ether oxygens (including phenoxy) is 3. The number of methoxy groups -OCH3 is 1. The molecule has 1 heterocycles. The number of fused-ring (bicyclic) bond motifs is 1. The van der Waals surface area contributed by atoms with E-state index in [0.29, 0.717) is 36.9 Å². The first-order chi connectivity index (χ1) is 8.77. The molecule has 5 heteroatoms. The number of carbonyl (C=O) groups excluding carboxylic acids is 1. The van der Waals surface area contributed by atoms with E-state index in [9.17, 15) is 4.79 Å². The molecule has 1 aliphatic rings. The van der Waals surface area contributed by atoms with Crippen molar-refractivity contribution in [1.82, 2.24) is 5.32 Å². The lowest BCUT2D eigenvalue weighted by atomic mass is 10.0. The van der Waals surface area contributed by atoms with Crippen LogP contribution in [0.2, 0.25) is 0 Å². The van der Waals surface area contributed by atoms with E-state index >= 15 is 0 Å². The van der Waals surface area contributed by atoms with Crippen LogP contribution in [-0.4, -0.2) is 39.7 Å². The van der Waals surface area contributed by atoms with Crippen molar-refractivity contribution in [2.24, 2.45) is 0 Å². The molecule has 0 saturated heterocycles. The molecule has 1 N–H and O–H groups in total. The summed E-state index contributed by atoms with van der Waals surface area (Å²) in [5.74, 6) is 1.32. The minimum absolute atomic E-state index is 0.0153. The van der Waals surface area contributed by atoms with Gasteiger partial charge in [0.1, 0.15) is 13.2 Å². The van der Waals surface area contributed by atoms with Gasteiger partial charge in [-0.3, -0.25) is 4.79 Å². The highest BCUT2D eigenvalue weighted by Crippen LogP contribution is 2.36. The first kappa shape index (κ1) is 12.9. The molecule has 0 radical (unpaired) electrons. The summed E-state index contributed by atoms with van der Waals surface area (Å²) in [6, 6.07) is 3.54.